The molecule has 0 saturated carbocycles. The monoisotopic (exact) mass is 143 g/mol. The number of nitrogens with two attached hydrogens (primary N) is 1. The number of hydrogen-bond acceptors (Lipinski definition) is 4. The van der Waals surface area contributed by atoms with Gasteiger partial charge in [-0.1, -0.05) is 0 Å². The summed E-state index contributed by atoms with van der Waals surface area (Å²) in [7, 11) is 0. The Morgan fingerprint density at radius 2 is 2.67 bits per heavy atom. The van der Waals surface area contributed by atoms with Crippen LogP contribution in [0.4, 0.5) is 10.8 Å². The highest BCUT2D eigenvalue weighted by molar-refractivity contribution is 7.14. The molecule has 1 amide bonds. The van der Waals surface area contributed by atoms with Crippen molar-refractivity contribution in [3.05, 3.63) is 5.51 Å². The third-order valence-corrected chi connectivity index (χ3v) is 1.45. The van der Waals surface area contributed by atoms with Gasteiger partial charge in [-0.3, -0.25) is 4.79 Å². The van der Waals surface area contributed by atoms with Gasteiger partial charge in [-0.2, -0.15) is 0 Å². The molecule has 1 aromatic heterocycles. The Hall–Kier alpha value is -1.10. The summed E-state index contributed by atoms with van der Waals surface area (Å²) in [5.74, 6) is 0.440. The summed E-state index contributed by atoms with van der Waals surface area (Å²) in [4.78, 5) is 13.6. The summed E-state index contributed by atoms with van der Waals surface area (Å²) in [5, 5.41) is 2.88. The second kappa shape index (κ2) is 2.45. The van der Waals surface area contributed by atoms with Crippen molar-refractivity contribution < 1.29 is 4.79 Å². The van der Waals surface area contributed by atoms with Crippen molar-refractivity contribution in [2.75, 3.05) is 11.1 Å². The number of nitrogen functional groups attached to an aromatic ring is 1. The minimum absolute atomic E-state index is 0.440. The van der Waals surface area contributed by atoms with E-state index in [4.69, 9.17) is 5.73 Å². The largest absolute Gasteiger partial charge is 0.387 e. The van der Waals surface area contributed by atoms with Crippen molar-refractivity contribution in [2.45, 2.75) is 0 Å². The van der Waals surface area contributed by atoms with Crippen molar-refractivity contribution in [1.82, 2.24) is 4.98 Å². The SMILES string of the molecule is Nc1scnc1NC=O. The molecule has 0 saturated heterocycles. The summed E-state index contributed by atoms with van der Waals surface area (Å²) < 4.78 is 0. The van der Waals surface area contributed by atoms with E-state index in [1.54, 1.807) is 5.51 Å². The van der Waals surface area contributed by atoms with Crippen LogP contribution in [0.1, 0.15) is 0 Å². The summed E-state index contributed by atoms with van der Waals surface area (Å²) in [5.41, 5.74) is 6.93. The summed E-state index contributed by atoms with van der Waals surface area (Å²) in [6.45, 7) is 0. The van der Waals surface area contributed by atoms with E-state index < -0.39 is 0 Å². The van der Waals surface area contributed by atoms with Gasteiger partial charge in [-0.05, 0) is 0 Å². The molecule has 0 radical (unpaired) electrons. The first-order chi connectivity index (χ1) is 4.34. The van der Waals surface area contributed by atoms with E-state index in [0.29, 0.717) is 17.2 Å². The number of nitrogens with one attached hydrogen (secondary N) is 1. The molecule has 0 atom stereocenters. The Labute approximate surface area is 55.7 Å². The molecule has 48 valence electrons. The van der Waals surface area contributed by atoms with Crippen LogP contribution in [0.3, 0.4) is 0 Å². The Kier molecular flexibility index (Phi) is 1.64. The lowest BCUT2D eigenvalue weighted by atomic mass is 10.7. The van der Waals surface area contributed by atoms with Crippen LogP contribution in [0.2, 0.25) is 0 Å². The molecule has 3 N–H and O–H groups in total. The van der Waals surface area contributed by atoms with Crippen LogP contribution in [0.5, 0.6) is 0 Å². The van der Waals surface area contributed by atoms with E-state index in [1.165, 1.54) is 11.3 Å². The molecule has 0 aliphatic rings. The first-order valence-electron chi connectivity index (χ1n) is 2.23. The fraction of sp³-hybridized carbons (Fsp3) is 0. The highest BCUT2D eigenvalue weighted by Gasteiger charge is 1.97. The van der Waals surface area contributed by atoms with Gasteiger partial charge in [0.05, 0.1) is 5.51 Å². The normalized spacial score (nSPS) is 8.89. The summed E-state index contributed by atoms with van der Waals surface area (Å²) in [6, 6.07) is 0. The lowest BCUT2D eigenvalue weighted by Gasteiger charge is -1.89. The predicted octanol–water partition coefficient (Wildman–Crippen LogP) is 0.294. The minimum atomic E-state index is 0.440. The van der Waals surface area contributed by atoms with E-state index in [-0.39, 0.29) is 0 Å². The van der Waals surface area contributed by atoms with Crippen molar-refractivity contribution in [1.29, 1.82) is 0 Å². The van der Waals surface area contributed by atoms with Crippen LogP contribution in [0.25, 0.3) is 0 Å². The number of hydrogen-bond donors (Lipinski definition) is 2. The molecule has 5 heteroatoms. The average molecular weight is 143 g/mol. The average Bonchev–Trinajstić information content (AvgIpc) is 2.18. The van der Waals surface area contributed by atoms with Gasteiger partial charge in [0, 0.05) is 0 Å². The second-order valence-electron chi connectivity index (χ2n) is 1.33. The lowest BCUT2D eigenvalue weighted by molar-refractivity contribution is -0.105. The van der Waals surface area contributed by atoms with E-state index >= 15 is 0 Å². The molecule has 0 aromatic carbocycles. The van der Waals surface area contributed by atoms with Crippen LogP contribution in [0, 0.1) is 0 Å². The third kappa shape index (κ3) is 1.17. The number of amides is 1. The van der Waals surface area contributed by atoms with Crippen molar-refractivity contribution in [3.8, 4) is 0 Å². The van der Waals surface area contributed by atoms with Gasteiger partial charge in [0.1, 0.15) is 5.00 Å². The summed E-state index contributed by atoms with van der Waals surface area (Å²) in [6.07, 6.45) is 0.547. The number of nitrogens with zero attached hydrogens (tertiary/aromatic N) is 1. The van der Waals surface area contributed by atoms with E-state index in [9.17, 15) is 4.79 Å². The smallest absolute Gasteiger partial charge is 0.212 e. The predicted molar refractivity (Wildman–Crippen MR) is 36.2 cm³/mol. The van der Waals surface area contributed by atoms with Crippen LogP contribution in [-0.2, 0) is 4.79 Å². The Bertz CT molecular complexity index is 209. The fourth-order valence-electron chi connectivity index (χ4n) is 0.419. The minimum Gasteiger partial charge on any atom is -0.387 e. The molecular weight excluding hydrogens is 138 g/mol. The summed E-state index contributed by atoms with van der Waals surface area (Å²) >= 11 is 1.29. The molecule has 0 aliphatic carbocycles. The number of carbonyl (C=O) groups excluding carboxylic acids is 1. The zero-order chi connectivity index (χ0) is 6.69. The van der Waals surface area contributed by atoms with Crippen molar-refractivity contribution in [2.24, 2.45) is 0 Å². The molecule has 0 fully saturated rings. The number of carbonyl (C=O) groups is 1. The molecule has 9 heavy (non-hydrogen) atoms. The number of anilines is 2. The van der Waals surface area contributed by atoms with Crippen molar-refractivity contribution >= 4 is 28.6 Å². The maximum absolute atomic E-state index is 9.82. The van der Waals surface area contributed by atoms with Gasteiger partial charge < -0.3 is 11.1 Å². The molecule has 0 unspecified atom stereocenters. The van der Waals surface area contributed by atoms with Crippen LogP contribution < -0.4 is 11.1 Å². The quantitative estimate of drug-likeness (QED) is 0.585. The molecule has 4 nitrogen and oxygen atoms in total. The van der Waals surface area contributed by atoms with Crippen LogP contribution in [0.15, 0.2) is 5.51 Å². The van der Waals surface area contributed by atoms with Crippen molar-refractivity contribution in [3.63, 3.8) is 0 Å². The second-order valence-corrected chi connectivity index (χ2v) is 2.21. The first kappa shape index (κ1) is 6.03. The van der Waals surface area contributed by atoms with E-state index in [2.05, 4.69) is 10.3 Å². The standard InChI is InChI=1S/C4H5N3OS/c5-3-4(6-1-8)7-2-9-3/h1-2H,5H2,(H,6,8). The van der Waals surface area contributed by atoms with Gasteiger partial charge in [-0.15, -0.1) is 11.3 Å². The van der Waals surface area contributed by atoms with Gasteiger partial charge in [0.2, 0.25) is 6.41 Å². The zero-order valence-corrected chi connectivity index (χ0v) is 5.31. The Morgan fingerprint density at radius 1 is 1.89 bits per heavy atom. The first-order valence-corrected chi connectivity index (χ1v) is 3.11. The molecule has 0 aliphatic heterocycles. The molecule has 0 bridgehead atoms. The number of thiazole rings is 1. The van der Waals surface area contributed by atoms with E-state index in [0.717, 1.165) is 0 Å². The van der Waals surface area contributed by atoms with Gasteiger partial charge in [0.15, 0.2) is 5.82 Å². The number of aromatic nitrogens is 1. The third-order valence-electron chi connectivity index (χ3n) is 0.791. The van der Waals surface area contributed by atoms with Crippen LogP contribution >= 0.6 is 11.3 Å². The number of rotatable bonds is 2. The Morgan fingerprint density at radius 3 is 3.11 bits per heavy atom. The van der Waals surface area contributed by atoms with Gasteiger partial charge in [0.25, 0.3) is 0 Å². The molecular formula is C4H5N3OS. The fourth-order valence-corrected chi connectivity index (χ4v) is 0.914. The molecule has 1 heterocycles. The molecule has 1 rings (SSSR count). The van der Waals surface area contributed by atoms with Gasteiger partial charge >= 0.3 is 0 Å². The zero-order valence-electron chi connectivity index (χ0n) is 4.50. The molecule has 0 spiro atoms. The molecule has 1 aromatic rings. The maximum atomic E-state index is 9.82. The van der Waals surface area contributed by atoms with Gasteiger partial charge in [-0.25, -0.2) is 4.98 Å². The maximum Gasteiger partial charge on any atom is 0.212 e. The Balaban J connectivity index is 2.80. The topological polar surface area (TPSA) is 68.0 Å². The highest BCUT2D eigenvalue weighted by atomic mass is 32.1. The van der Waals surface area contributed by atoms with Crippen LogP contribution in [-0.4, -0.2) is 11.4 Å². The highest BCUT2D eigenvalue weighted by Crippen LogP contribution is 2.19. The van der Waals surface area contributed by atoms with E-state index in [1.807, 2.05) is 0 Å². The lowest BCUT2D eigenvalue weighted by Crippen LogP contribution is -1.96.